The summed E-state index contributed by atoms with van der Waals surface area (Å²) in [5.74, 6) is 0.0958. The lowest BCUT2D eigenvalue weighted by atomic mass is 10.2. The molecule has 1 rings (SSSR count). The van der Waals surface area contributed by atoms with Gasteiger partial charge in [-0.1, -0.05) is 18.2 Å². The van der Waals surface area contributed by atoms with Crippen molar-refractivity contribution in [3.05, 3.63) is 29.8 Å². The van der Waals surface area contributed by atoms with E-state index in [0.717, 1.165) is 0 Å². The van der Waals surface area contributed by atoms with Crippen LogP contribution in [0.25, 0.3) is 0 Å². The lowest BCUT2D eigenvalue weighted by molar-refractivity contribution is -0.0505. The second-order valence-electron chi connectivity index (χ2n) is 3.63. The van der Waals surface area contributed by atoms with Crippen LogP contribution in [0.2, 0.25) is 0 Å². The molecule has 0 radical (unpaired) electrons. The maximum Gasteiger partial charge on any atom is 0.387 e. The number of halogens is 4. The molecule has 0 amide bonds. The molecule has 0 saturated carbocycles. The van der Waals surface area contributed by atoms with E-state index in [2.05, 4.69) is 14.8 Å². The van der Waals surface area contributed by atoms with Crippen LogP contribution in [0.1, 0.15) is 5.56 Å². The third kappa shape index (κ3) is 6.97. The van der Waals surface area contributed by atoms with Gasteiger partial charge in [0.05, 0.1) is 6.61 Å². The summed E-state index contributed by atoms with van der Waals surface area (Å²) < 4.78 is 56.8. The van der Waals surface area contributed by atoms with E-state index in [1.165, 1.54) is 6.07 Å². The molecule has 0 aliphatic rings. The number of nitrogens with one attached hydrogen (secondary N) is 1. The molecule has 0 heterocycles. The van der Waals surface area contributed by atoms with Crippen molar-refractivity contribution in [3.63, 3.8) is 0 Å². The molecule has 0 unspecified atom stereocenters. The lowest BCUT2D eigenvalue weighted by Crippen LogP contribution is -2.21. The summed E-state index contributed by atoms with van der Waals surface area (Å²) in [7, 11) is 0. The van der Waals surface area contributed by atoms with Gasteiger partial charge in [0.25, 0.3) is 6.43 Å². The maximum absolute atomic E-state index is 12.1. The minimum atomic E-state index is -2.88. The van der Waals surface area contributed by atoms with Gasteiger partial charge in [-0.15, -0.1) is 0 Å². The van der Waals surface area contributed by atoms with Crippen molar-refractivity contribution >= 4 is 0 Å². The van der Waals surface area contributed by atoms with Crippen LogP contribution in [0.15, 0.2) is 24.3 Å². The smallest absolute Gasteiger partial charge is 0.387 e. The molecule has 19 heavy (non-hydrogen) atoms. The zero-order valence-corrected chi connectivity index (χ0v) is 10.1. The normalized spacial score (nSPS) is 11.3. The number of hydrogen-bond acceptors (Lipinski definition) is 3. The molecule has 0 aliphatic heterocycles. The Labute approximate surface area is 108 Å². The van der Waals surface area contributed by atoms with Crippen LogP contribution in [-0.2, 0) is 11.3 Å². The number of rotatable bonds is 9. The maximum atomic E-state index is 12.1. The number of ether oxygens (including phenoxy) is 2. The van der Waals surface area contributed by atoms with Crippen LogP contribution < -0.4 is 10.1 Å². The van der Waals surface area contributed by atoms with Gasteiger partial charge in [0.15, 0.2) is 0 Å². The molecular weight excluding hydrogens is 266 g/mol. The van der Waals surface area contributed by atoms with Gasteiger partial charge in [0.2, 0.25) is 0 Å². The summed E-state index contributed by atoms with van der Waals surface area (Å²) in [4.78, 5) is 0. The van der Waals surface area contributed by atoms with Gasteiger partial charge in [0, 0.05) is 18.7 Å². The Morgan fingerprint density at radius 1 is 1.11 bits per heavy atom. The largest absolute Gasteiger partial charge is 0.434 e. The first-order valence-corrected chi connectivity index (χ1v) is 5.69. The quantitative estimate of drug-likeness (QED) is 0.557. The van der Waals surface area contributed by atoms with Crippen molar-refractivity contribution in [2.45, 2.75) is 19.6 Å². The van der Waals surface area contributed by atoms with Crippen molar-refractivity contribution in [1.29, 1.82) is 0 Å². The predicted molar refractivity (Wildman–Crippen MR) is 61.6 cm³/mol. The van der Waals surface area contributed by atoms with E-state index in [1.54, 1.807) is 18.2 Å². The number of alkyl halides is 4. The molecule has 7 heteroatoms. The molecule has 3 nitrogen and oxygen atoms in total. The topological polar surface area (TPSA) is 30.5 Å². The molecule has 0 spiro atoms. The highest BCUT2D eigenvalue weighted by atomic mass is 19.3. The highest BCUT2D eigenvalue weighted by molar-refractivity contribution is 5.33. The van der Waals surface area contributed by atoms with Crippen molar-refractivity contribution in [3.8, 4) is 5.75 Å². The summed E-state index contributed by atoms with van der Waals surface area (Å²) in [5.41, 5.74) is 0.566. The number of benzene rings is 1. The summed E-state index contributed by atoms with van der Waals surface area (Å²) in [6.45, 7) is -2.72. The van der Waals surface area contributed by atoms with Crippen LogP contribution in [0.4, 0.5) is 17.6 Å². The Kier molecular flexibility index (Phi) is 7.20. The Hall–Kier alpha value is -1.34. The third-order valence-corrected chi connectivity index (χ3v) is 2.17. The van der Waals surface area contributed by atoms with Gasteiger partial charge >= 0.3 is 6.61 Å². The van der Waals surface area contributed by atoms with Crippen molar-refractivity contribution in [2.75, 3.05) is 19.8 Å². The number of para-hydroxylation sites is 1. The predicted octanol–water partition coefficient (Wildman–Crippen LogP) is 2.66. The lowest BCUT2D eigenvalue weighted by Gasteiger charge is -2.11. The first kappa shape index (κ1) is 15.7. The fourth-order valence-electron chi connectivity index (χ4n) is 1.40. The van der Waals surface area contributed by atoms with Crippen LogP contribution in [0, 0.1) is 0 Å². The fourth-order valence-corrected chi connectivity index (χ4v) is 1.40. The summed E-state index contributed by atoms with van der Waals surface area (Å²) >= 11 is 0. The van der Waals surface area contributed by atoms with Gasteiger partial charge in [-0.25, -0.2) is 8.78 Å². The zero-order chi connectivity index (χ0) is 14.1. The molecule has 0 fully saturated rings. The zero-order valence-electron chi connectivity index (χ0n) is 10.1. The van der Waals surface area contributed by atoms with Gasteiger partial charge in [-0.05, 0) is 6.07 Å². The van der Waals surface area contributed by atoms with E-state index in [0.29, 0.717) is 18.7 Å². The van der Waals surface area contributed by atoms with Gasteiger partial charge in [-0.3, -0.25) is 0 Å². The summed E-state index contributed by atoms with van der Waals surface area (Å²) in [6, 6.07) is 6.37. The Bertz CT molecular complexity index is 363. The Balaban J connectivity index is 2.28. The molecule has 1 N–H and O–H groups in total. The third-order valence-electron chi connectivity index (χ3n) is 2.17. The minimum Gasteiger partial charge on any atom is -0.434 e. The molecule has 0 saturated heterocycles. The second kappa shape index (κ2) is 8.71. The van der Waals surface area contributed by atoms with E-state index < -0.39 is 19.6 Å². The van der Waals surface area contributed by atoms with Gasteiger partial charge in [-0.2, -0.15) is 8.78 Å². The molecule has 0 aromatic heterocycles. The molecular formula is C12H15F4NO2. The van der Waals surface area contributed by atoms with Gasteiger partial charge < -0.3 is 14.8 Å². The number of hydrogen-bond donors (Lipinski definition) is 1. The van der Waals surface area contributed by atoms with Crippen LogP contribution in [0.5, 0.6) is 5.75 Å². The monoisotopic (exact) mass is 281 g/mol. The minimum absolute atomic E-state index is 0.0958. The van der Waals surface area contributed by atoms with E-state index in [9.17, 15) is 17.6 Å². The first-order valence-electron chi connectivity index (χ1n) is 5.69. The second-order valence-corrected chi connectivity index (χ2v) is 3.63. The van der Waals surface area contributed by atoms with E-state index >= 15 is 0 Å². The van der Waals surface area contributed by atoms with Crippen molar-refractivity contribution in [2.24, 2.45) is 0 Å². The highest BCUT2D eigenvalue weighted by Gasteiger charge is 2.08. The molecule has 1 aromatic carbocycles. The first-order chi connectivity index (χ1) is 9.09. The van der Waals surface area contributed by atoms with Crippen LogP contribution >= 0.6 is 0 Å². The summed E-state index contributed by atoms with van der Waals surface area (Å²) in [5, 5.41) is 2.89. The summed E-state index contributed by atoms with van der Waals surface area (Å²) in [6.07, 6.45) is -2.49. The SMILES string of the molecule is FC(F)COCCNCc1ccccc1OC(F)F. The van der Waals surface area contributed by atoms with Crippen LogP contribution in [0.3, 0.4) is 0 Å². The fraction of sp³-hybridized carbons (Fsp3) is 0.500. The molecule has 0 atom stereocenters. The standard InChI is InChI=1S/C12H15F4NO2/c13-11(14)8-18-6-5-17-7-9-3-1-2-4-10(9)19-12(15)16/h1-4,11-12,17H,5-8H2. The van der Waals surface area contributed by atoms with E-state index in [1.807, 2.05) is 0 Å². The van der Waals surface area contributed by atoms with Crippen LogP contribution in [-0.4, -0.2) is 32.8 Å². The van der Waals surface area contributed by atoms with E-state index in [4.69, 9.17) is 0 Å². The molecule has 0 aliphatic carbocycles. The Morgan fingerprint density at radius 3 is 2.53 bits per heavy atom. The molecule has 108 valence electrons. The molecule has 0 bridgehead atoms. The van der Waals surface area contributed by atoms with Gasteiger partial charge in [0.1, 0.15) is 12.4 Å². The molecule has 1 aromatic rings. The van der Waals surface area contributed by atoms with Crippen molar-refractivity contribution in [1.82, 2.24) is 5.32 Å². The Morgan fingerprint density at radius 2 is 1.84 bits per heavy atom. The van der Waals surface area contributed by atoms with E-state index in [-0.39, 0.29) is 12.4 Å². The highest BCUT2D eigenvalue weighted by Crippen LogP contribution is 2.19. The average molecular weight is 281 g/mol. The average Bonchev–Trinajstić information content (AvgIpc) is 2.34. The van der Waals surface area contributed by atoms with Crippen molar-refractivity contribution < 1.29 is 27.0 Å².